The standard InChI is InChI=1S/C13H18FN3O2/c1-9(2)5-6-19-12-4-3-11(14)7-10(12)8-16-17-13(15)18/h3-4,7-9H,5-6H2,1-2H3,(H3,15,17,18). The van der Waals surface area contributed by atoms with Gasteiger partial charge in [-0.1, -0.05) is 13.8 Å². The number of hydrogen-bond donors (Lipinski definition) is 2. The van der Waals surface area contributed by atoms with Crippen molar-refractivity contribution >= 4 is 12.2 Å². The Morgan fingerprint density at radius 2 is 2.32 bits per heavy atom. The van der Waals surface area contributed by atoms with Crippen LogP contribution in [-0.4, -0.2) is 18.9 Å². The number of halogens is 1. The van der Waals surface area contributed by atoms with Crippen LogP contribution in [0.2, 0.25) is 0 Å². The van der Waals surface area contributed by atoms with Crippen LogP contribution in [0.25, 0.3) is 0 Å². The first-order chi connectivity index (χ1) is 8.99. The van der Waals surface area contributed by atoms with Gasteiger partial charge in [0.1, 0.15) is 11.6 Å². The molecule has 0 aliphatic heterocycles. The number of carbonyl (C=O) groups is 1. The quantitative estimate of drug-likeness (QED) is 0.612. The Morgan fingerprint density at radius 3 is 2.95 bits per heavy atom. The minimum absolute atomic E-state index is 0.406. The van der Waals surface area contributed by atoms with E-state index >= 15 is 0 Å². The largest absolute Gasteiger partial charge is 0.493 e. The Hall–Kier alpha value is -2.11. The maximum absolute atomic E-state index is 13.2. The summed E-state index contributed by atoms with van der Waals surface area (Å²) in [6, 6.07) is 3.33. The average molecular weight is 267 g/mol. The second kappa shape index (κ2) is 7.35. The molecule has 1 aromatic carbocycles. The zero-order chi connectivity index (χ0) is 14.3. The van der Waals surface area contributed by atoms with Crippen LogP contribution in [-0.2, 0) is 0 Å². The van der Waals surface area contributed by atoms with Gasteiger partial charge in [-0.15, -0.1) is 0 Å². The first-order valence-corrected chi connectivity index (χ1v) is 6.00. The molecule has 0 aliphatic rings. The fourth-order valence-electron chi connectivity index (χ4n) is 1.32. The summed E-state index contributed by atoms with van der Waals surface area (Å²) in [6.07, 6.45) is 2.19. The van der Waals surface area contributed by atoms with Gasteiger partial charge in [0, 0.05) is 5.56 Å². The zero-order valence-electron chi connectivity index (χ0n) is 11.0. The number of nitrogens with one attached hydrogen (secondary N) is 1. The molecule has 0 aliphatic carbocycles. The zero-order valence-corrected chi connectivity index (χ0v) is 11.0. The van der Waals surface area contributed by atoms with E-state index < -0.39 is 11.8 Å². The predicted molar refractivity (Wildman–Crippen MR) is 71.7 cm³/mol. The van der Waals surface area contributed by atoms with E-state index in [0.29, 0.717) is 23.8 Å². The summed E-state index contributed by atoms with van der Waals surface area (Å²) in [5.41, 5.74) is 7.36. The van der Waals surface area contributed by atoms with Crippen molar-refractivity contribution in [3.8, 4) is 5.75 Å². The number of amides is 2. The van der Waals surface area contributed by atoms with Crippen LogP contribution in [0.4, 0.5) is 9.18 Å². The monoisotopic (exact) mass is 267 g/mol. The van der Waals surface area contributed by atoms with Crippen LogP contribution in [0.15, 0.2) is 23.3 Å². The average Bonchev–Trinajstić information content (AvgIpc) is 2.31. The van der Waals surface area contributed by atoms with Crippen molar-refractivity contribution in [2.24, 2.45) is 16.8 Å². The van der Waals surface area contributed by atoms with Crippen LogP contribution in [0.5, 0.6) is 5.75 Å². The number of urea groups is 1. The van der Waals surface area contributed by atoms with E-state index in [1.54, 1.807) is 0 Å². The molecule has 3 N–H and O–H groups in total. The van der Waals surface area contributed by atoms with Crippen molar-refractivity contribution in [1.82, 2.24) is 5.43 Å². The lowest BCUT2D eigenvalue weighted by molar-refractivity contribution is 0.249. The lowest BCUT2D eigenvalue weighted by atomic mass is 10.1. The number of benzene rings is 1. The van der Waals surface area contributed by atoms with Gasteiger partial charge < -0.3 is 10.5 Å². The first kappa shape index (κ1) is 14.9. The van der Waals surface area contributed by atoms with Crippen molar-refractivity contribution in [1.29, 1.82) is 0 Å². The summed E-state index contributed by atoms with van der Waals surface area (Å²) in [5.74, 6) is 0.628. The summed E-state index contributed by atoms with van der Waals surface area (Å²) >= 11 is 0. The summed E-state index contributed by atoms with van der Waals surface area (Å²) in [7, 11) is 0. The molecule has 0 aromatic heterocycles. The molecule has 1 aromatic rings. The fraction of sp³-hybridized carbons (Fsp3) is 0.385. The van der Waals surface area contributed by atoms with E-state index in [-0.39, 0.29) is 0 Å². The van der Waals surface area contributed by atoms with Gasteiger partial charge in [-0.25, -0.2) is 14.6 Å². The Kier molecular flexibility index (Phi) is 5.78. The number of nitrogens with two attached hydrogens (primary N) is 1. The van der Waals surface area contributed by atoms with E-state index in [1.807, 2.05) is 5.43 Å². The molecule has 2 amide bonds. The molecule has 0 bridgehead atoms. The van der Waals surface area contributed by atoms with Crippen LogP contribution in [0, 0.1) is 11.7 Å². The molecule has 0 spiro atoms. The molecule has 0 heterocycles. The summed E-state index contributed by atoms with van der Waals surface area (Å²) in [6.45, 7) is 4.72. The van der Waals surface area contributed by atoms with Gasteiger partial charge in [0.2, 0.25) is 0 Å². The normalized spacial score (nSPS) is 10.9. The molecular weight excluding hydrogens is 249 g/mol. The molecule has 6 heteroatoms. The number of ether oxygens (including phenoxy) is 1. The van der Waals surface area contributed by atoms with Gasteiger partial charge in [-0.2, -0.15) is 5.10 Å². The lowest BCUT2D eigenvalue weighted by Gasteiger charge is -2.10. The van der Waals surface area contributed by atoms with Gasteiger partial charge in [0.05, 0.1) is 12.8 Å². The number of primary amides is 1. The third-order valence-corrected chi connectivity index (χ3v) is 2.30. The Labute approximate surface area is 111 Å². The molecule has 0 saturated carbocycles. The van der Waals surface area contributed by atoms with Crippen LogP contribution in [0.1, 0.15) is 25.8 Å². The van der Waals surface area contributed by atoms with E-state index in [9.17, 15) is 9.18 Å². The van der Waals surface area contributed by atoms with Gasteiger partial charge in [0.25, 0.3) is 0 Å². The van der Waals surface area contributed by atoms with Crippen molar-refractivity contribution in [3.63, 3.8) is 0 Å². The summed E-state index contributed by atoms with van der Waals surface area (Å²) in [5, 5.41) is 3.59. The van der Waals surface area contributed by atoms with Gasteiger partial charge in [0.15, 0.2) is 0 Å². The smallest absolute Gasteiger partial charge is 0.332 e. The molecule has 0 radical (unpaired) electrons. The van der Waals surface area contributed by atoms with Crippen molar-refractivity contribution in [2.45, 2.75) is 20.3 Å². The minimum Gasteiger partial charge on any atom is -0.493 e. The molecule has 0 unspecified atom stereocenters. The van der Waals surface area contributed by atoms with E-state index in [2.05, 4.69) is 18.9 Å². The lowest BCUT2D eigenvalue weighted by Crippen LogP contribution is -2.24. The Balaban J connectivity index is 2.73. The number of rotatable bonds is 6. The second-order valence-corrected chi connectivity index (χ2v) is 4.45. The van der Waals surface area contributed by atoms with Gasteiger partial charge in [-0.05, 0) is 30.5 Å². The third-order valence-electron chi connectivity index (χ3n) is 2.30. The van der Waals surface area contributed by atoms with Crippen molar-refractivity contribution < 1.29 is 13.9 Å². The van der Waals surface area contributed by atoms with Gasteiger partial charge in [-0.3, -0.25) is 0 Å². The van der Waals surface area contributed by atoms with Gasteiger partial charge >= 0.3 is 6.03 Å². The number of hydrazone groups is 1. The number of hydrogen-bond acceptors (Lipinski definition) is 3. The molecular formula is C13H18FN3O2. The van der Waals surface area contributed by atoms with E-state index in [1.165, 1.54) is 24.4 Å². The highest BCUT2D eigenvalue weighted by Crippen LogP contribution is 2.18. The molecule has 104 valence electrons. The fourth-order valence-corrected chi connectivity index (χ4v) is 1.32. The topological polar surface area (TPSA) is 76.7 Å². The molecule has 0 saturated heterocycles. The Bertz CT molecular complexity index is 461. The molecule has 0 atom stereocenters. The second-order valence-electron chi connectivity index (χ2n) is 4.45. The molecule has 19 heavy (non-hydrogen) atoms. The molecule has 5 nitrogen and oxygen atoms in total. The van der Waals surface area contributed by atoms with Crippen LogP contribution < -0.4 is 15.9 Å². The number of nitrogens with zero attached hydrogens (tertiary/aromatic N) is 1. The Morgan fingerprint density at radius 1 is 1.58 bits per heavy atom. The van der Waals surface area contributed by atoms with Crippen LogP contribution in [0.3, 0.4) is 0 Å². The van der Waals surface area contributed by atoms with E-state index in [0.717, 1.165) is 6.42 Å². The third kappa shape index (κ3) is 5.85. The summed E-state index contributed by atoms with van der Waals surface area (Å²) in [4.78, 5) is 10.5. The predicted octanol–water partition coefficient (Wildman–Crippen LogP) is 2.25. The van der Waals surface area contributed by atoms with Crippen molar-refractivity contribution in [3.05, 3.63) is 29.6 Å². The van der Waals surface area contributed by atoms with Crippen LogP contribution >= 0.6 is 0 Å². The SMILES string of the molecule is CC(C)CCOc1ccc(F)cc1C=NNC(N)=O. The maximum Gasteiger partial charge on any atom is 0.332 e. The highest BCUT2D eigenvalue weighted by atomic mass is 19.1. The minimum atomic E-state index is -0.782. The van der Waals surface area contributed by atoms with Crippen molar-refractivity contribution in [2.75, 3.05) is 6.61 Å². The highest BCUT2D eigenvalue weighted by molar-refractivity contribution is 5.84. The summed E-state index contributed by atoms with van der Waals surface area (Å²) < 4.78 is 18.7. The molecule has 1 rings (SSSR count). The van der Waals surface area contributed by atoms with E-state index in [4.69, 9.17) is 10.5 Å². The highest BCUT2D eigenvalue weighted by Gasteiger charge is 2.04. The maximum atomic E-state index is 13.2. The number of carbonyl (C=O) groups excluding carboxylic acids is 1. The molecule has 0 fully saturated rings. The first-order valence-electron chi connectivity index (χ1n) is 6.00.